The van der Waals surface area contributed by atoms with E-state index in [4.69, 9.17) is 9.15 Å². The van der Waals surface area contributed by atoms with Gasteiger partial charge in [0.2, 0.25) is 10.0 Å². The quantitative estimate of drug-likeness (QED) is 0.682. The largest absolute Gasteiger partial charge is 0.419 e. The fraction of sp³-hybridized carbons (Fsp3) is 0.316. The van der Waals surface area contributed by atoms with E-state index in [0.717, 1.165) is 5.56 Å². The molecule has 27 heavy (non-hydrogen) atoms. The predicted octanol–water partition coefficient (Wildman–Crippen LogP) is 1.89. The first-order chi connectivity index (χ1) is 12.9. The van der Waals surface area contributed by atoms with Crippen molar-refractivity contribution in [1.29, 1.82) is 0 Å². The summed E-state index contributed by atoms with van der Waals surface area (Å²) in [6.07, 6.45) is 0.465. The van der Waals surface area contributed by atoms with Gasteiger partial charge in [0.05, 0.1) is 23.1 Å². The topological polar surface area (TPSA) is 81.8 Å². The van der Waals surface area contributed by atoms with Crippen molar-refractivity contribution in [1.82, 2.24) is 8.87 Å². The van der Waals surface area contributed by atoms with Crippen molar-refractivity contribution in [3.8, 4) is 0 Å². The first-order valence-electron chi connectivity index (χ1n) is 8.60. The first-order valence-corrected chi connectivity index (χ1v) is 10.0. The molecule has 142 valence electrons. The van der Waals surface area contributed by atoms with Crippen LogP contribution in [0.25, 0.3) is 11.1 Å². The van der Waals surface area contributed by atoms with Gasteiger partial charge >= 0.3 is 5.76 Å². The molecule has 0 unspecified atom stereocenters. The highest BCUT2D eigenvalue weighted by Crippen LogP contribution is 2.24. The van der Waals surface area contributed by atoms with E-state index in [9.17, 15) is 13.2 Å². The smallest absolute Gasteiger partial charge is 0.408 e. The van der Waals surface area contributed by atoms with Gasteiger partial charge in [-0.3, -0.25) is 4.57 Å². The van der Waals surface area contributed by atoms with Crippen LogP contribution in [0.3, 0.4) is 0 Å². The Kier molecular flexibility index (Phi) is 4.41. The van der Waals surface area contributed by atoms with E-state index in [0.29, 0.717) is 24.1 Å². The maximum Gasteiger partial charge on any atom is 0.419 e. The van der Waals surface area contributed by atoms with Crippen LogP contribution in [-0.4, -0.2) is 37.0 Å². The highest BCUT2D eigenvalue weighted by molar-refractivity contribution is 7.89. The van der Waals surface area contributed by atoms with Crippen molar-refractivity contribution in [3.63, 3.8) is 0 Å². The summed E-state index contributed by atoms with van der Waals surface area (Å²) < 4.78 is 39.4. The molecule has 1 aliphatic rings. The molecule has 0 saturated heterocycles. The van der Waals surface area contributed by atoms with E-state index in [1.807, 2.05) is 24.3 Å². The lowest BCUT2D eigenvalue weighted by Gasteiger charge is -2.28. The van der Waals surface area contributed by atoms with E-state index in [1.54, 1.807) is 7.05 Å². The molecule has 1 atom stereocenters. The van der Waals surface area contributed by atoms with Crippen LogP contribution in [-0.2, 0) is 34.8 Å². The van der Waals surface area contributed by atoms with Crippen LogP contribution in [0.15, 0.2) is 56.6 Å². The van der Waals surface area contributed by atoms with Crippen molar-refractivity contribution in [2.75, 3.05) is 13.6 Å². The highest BCUT2D eigenvalue weighted by atomic mass is 32.2. The zero-order valence-electron chi connectivity index (χ0n) is 15.1. The van der Waals surface area contributed by atoms with Gasteiger partial charge in [0, 0.05) is 27.1 Å². The van der Waals surface area contributed by atoms with Crippen LogP contribution in [0, 0.1) is 0 Å². The highest BCUT2D eigenvalue weighted by Gasteiger charge is 2.27. The Morgan fingerprint density at radius 1 is 1.19 bits per heavy atom. The molecule has 0 amide bonds. The Hall–Kier alpha value is -2.42. The summed E-state index contributed by atoms with van der Waals surface area (Å²) in [7, 11) is -0.636. The Balaban J connectivity index is 1.57. The number of oxazole rings is 1. The summed E-state index contributed by atoms with van der Waals surface area (Å²) in [4.78, 5) is 11.7. The molecule has 0 saturated carbocycles. The third kappa shape index (κ3) is 3.20. The van der Waals surface area contributed by atoms with Gasteiger partial charge in [-0.1, -0.05) is 24.3 Å². The molecule has 0 aliphatic carbocycles. The fourth-order valence-corrected chi connectivity index (χ4v) is 4.58. The molecule has 0 radical (unpaired) electrons. The minimum absolute atomic E-state index is 0.116. The van der Waals surface area contributed by atoms with Crippen LogP contribution in [0.1, 0.15) is 11.1 Å². The zero-order valence-corrected chi connectivity index (χ0v) is 15.9. The summed E-state index contributed by atoms with van der Waals surface area (Å²) in [6, 6.07) is 12.4. The number of fused-ring (bicyclic) bond motifs is 2. The van der Waals surface area contributed by atoms with E-state index in [2.05, 4.69) is 0 Å². The summed E-state index contributed by atoms with van der Waals surface area (Å²) >= 11 is 0. The second kappa shape index (κ2) is 6.63. The maximum atomic E-state index is 13.0. The van der Waals surface area contributed by atoms with Crippen molar-refractivity contribution in [2.24, 2.45) is 7.05 Å². The van der Waals surface area contributed by atoms with Gasteiger partial charge in [-0.15, -0.1) is 0 Å². The van der Waals surface area contributed by atoms with Gasteiger partial charge in [-0.2, -0.15) is 4.31 Å². The molecule has 1 aliphatic heterocycles. The number of benzene rings is 2. The van der Waals surface area contributed by atoms with Crippen molar-refractivity contribution in [2.45, 2.75) is 24.0 Å². The molecule has 0 fully saturated rings. The van der Waals surface area contributed by atoms with Crippen LogP contribution < -0.4 is 5.76 Å². The second-order valence-electron chi connectivity index (χ2n) is 6.75. The lowest BCUT2D eigenvalue weighted by atomic mass is 9.99. The average molecular weight is 388 g/mol. The monoisotopic (exact) mass is 388 g/mol. The van der Waals surface area contributed by atoms with Crippen LogP contribution in [0.5, 0.6) is 0 Å². The molecule has 2 aromatic carbocycles. The van der Waals surface area contributed by atoms with Crippen molar-refractivity contribution < 1.29 is 17.6 Å². The number of ether oxygens (including phenoxy) is 1. The molecular formula is C19H20N2O5S. The number of nitrogens with zero attached hydrogens (tertiary/aromatic N) is 2. The summed E-state index contributed by atoms with van der Waals surface area (Å²) in [6.45, 7) is 0.733. The number of hydrogen-bond acceptors (Lipinski definition) is 5. The average Bonchev–Trinajstić information content (AvgIpc) is 2.95. The minimum Gasteiger partial charge on any atom is -0.408 e. The molecule has 4 rings (SSSR count). The molecule has 3 aromatic rings. The Morgan fingerprint density at radius 3 is 2.70 bits per heavy atom. The number of likely N-dealkylation sites (N-methyl/N-ethyl adjacent to an activating group) is 1. The zero-order chi connectivity index (χ0) is 19.2. The predicted molar refractivity (Wildman–Crippen MR) is 100.0 cm³/mol. The van der Waals surface area contributed by atoms with Gasteiger partial charge in [0.25, 0.3) is 0 Å². The number of rotatable bonds is 4. The van der Waals surface area contributed by atoms with Gasteiger partial charge in [0.15, 0.2) is 5.58 Å². The molecule has 7 nitrogen and oxygen atoms in total. The second-order valence-corrected chi connectivity index (χ2v) is 8.79. The molecular weight excluding hydrogens is 368 g/mol. The number of hydrogen-bond donors (Lipinski definition) is 0. The van der Waals surface area contributed by atoms with Gasteiger partial charge in [-0.25, -0.2) is 13.2 Å². The molecule has 0 bridgehead atoms. The third-order valence-corrected chi connectivity index (χ3v) is 6.79. The maximum absolute atomic E-state index is 13.0. The fourth-order valence-electron chi connectivity index (χ4n) is 3.36. The molecule has 8 heteroatoms. The van der Waals surface area contributed by atoms with Crippen LogP contribution in [0.4, 0.5) is 0 Å². The van der Waals surface area contributed by atoms with E-state index in [-0.39, 0.29) is 17.5 Å². The Bertz CT molecular complexity index is 1160. The van der Waals surface area contributed by atoms with E-state index in [1.165, 1.54) is 39.7 Å². The Morgan fingerprint density at radius 2 is 1.93 bits per heavy atom. The van der Waals surface area contributed by atoms with E-state index < -0.39 is 15.8 Å². The van der Waals surface area contributed by atoms with Crippen molar-refractivity contribution >= 4 is 21.1 Å². The van der Waals surface area contributed by atoms with Crippen molar-refractivity contribution in [3.05, 3.63) is 64.1 Å². The van der Waals surface area contributed by atoms with Gasteiger partial charge in [0.1, 0.15) is 0 Å². The standard InChI is InChI=1S/C19H20N2O5S/c1-20(11-15-9-13-5-3-4-6-14(13)12-25-15)27(23,24)16-7-8-18-17(10-16)21(2)19(22)26-18/h3-8,10,15H,9,11-12H2,1-2H3/t15-/m0/s1. The third-order valence-electron chi connectivity index (χ3n) is 4.97. The normalized spacial score (nSPS) is 17.4. The molecule has 0 spiro atoms. The lowest BCUT2D eigenvalue weighted by molar-refractivity contribution is 0.0202. The number of aromatic nitrogens is 1. The Labute approximate surface area is 156 Å². The minimum atomic E-state index is -3.72. The molecule has 2 heterocycles. The van der Waals surface area contributed by atoms with Gasteiger partial charge < -0.3 is 9.15 Å². The van der Waals surface area contributed by atoms with E-state index >= 15 is 0 Å². The lowest BCUT2D eigenvalue weighted by Crippen LogP contribution is -2.38. The summed E-state index contributed by atoms with van der Waals surface area (Å²) in [5, 5.41) is 0. The number of sulfonamides is 1. The summed E-state index contributed by atoms with van der Waals surface area (Å²) in [5.41, 5.74) is 3.13. The first kappa shape index (κ1) is 18.0. The molecule has 1 aromatic heterocycles. The molecule has 0 N–H and O–H groups in total. The van der Waals surface area contributed by atoms with Gasteiger partial charge in [-0.05, 0) is 29.3 Å². The van der Waals surface area contributed by atoms with Crippen LogP contribution in [0.2, 0.25) is 0 Å². The van der Waals surface area contributed by atoms with Crippen LogP contribution >= 0.6 is 0 Å². The SMILES string of the molecule is CN(C[C@@H]1Cc2ccccc2CO1)S(=O)(=O)c1ccc2oc(=O)n(C)c2c1. The summed E-state index contributed by atoms with van der Waals surface area (Å²) in [5.74, 6) is -0.526. The number of aryl methyl sites for hydroxylation is 1.